The summed E-state index contributed by atoms with van der Waals surface area (Å²) in [6, 6.07) is 11.2. The Morgan fingerprint density at radius 3 is 2.62 bits per heavy atom. The van der Waals surface area contributed by atoms with Gasteiger partial charge in [0.15, 0.2) is 0 Å². The molecular formula is C16H14N4O. The summed E-state index contributed by atoms with van der Waals surface area (Å²) in [5.41, 5.74) is 2.57. The zero-order valence-corrected chi connectivity index (χ0v) is 11.3. The lowest BCUT2D eigenvalue weighted by atomic mass is 10.2. The maximum atomic E-state index is 12.1. The summed E-state index contributed by atoms with van der Waals surface area (Å²) in [5, 5.41) is 2.87. The summed E-state index contributed by atoms with van der Waals surface area (Å²) in [6.45, 7) is 0.468. The highest BCUT2D eigenvalue weighted by molar-refractivity contribution is 5.94. The van der Waals surface area contributed by atoms with E-state index >= 15 is 0 Å². The average molecular weight is 278 g/mol. The van der Waals surface area contributed by atoms with Crippen molar-refractivity contribution in [1.82, 2.24) is 19.9 Å². The minimum Gasteiger partial charge on any atom is -0.348 e. The van der Waals surface area contributed by atoms with Crippen molar-refractivity contribution in [3.05, 3.63) is 78.6 Å². The molecule has 0 radical (unpaired) electrons. The van der Waals surface area contributed by atoms with E-state index in [1.165, 1.54) is 0 Å². The normalized spacial score (nSPS) is 10.3. The number of nitrogens with one attached hydrogen (secondary N) is 1. The second kappa shape index (κ2) is 6.00. The Hall–Kier alpha value is -2.95. The molecule has 2 heterocycles. The van der Waals surface area contributed by atoms with Crippen molar-refractivity contribution < 1.29 is 4.79 Å². The Morgan fingerprint density at radius 2 is 1.95 bits per heavy atom. The fourth-order valence-electron chi connectivity index (χ4n) is 1.98. The van der Waals surface area contributed by atoms with Crippen LogP contribution in [-0.4, -0.2) is 20.4 Å². The number of rotatable bonds is 4. The second-order valence-electron chi connectivity index (χ2n) is 4.56. The molecule has 0 saturated carbocycles. The zero-order valence-electron chi connectivity index (χ0n) is 11.3. The predicted octanol–water partition coefficient (Wildman–Crippen LogP) is 2.20. The fraction of sp³-hybridized carbons (Fsp3) is 0.0625. The van der Waals surface area contributed by atoms with E-state index in [0.717, 1.165) is 11.3 Å². The lowest BCUT2D eigenvalue weighted by molar-refractivity contribution is 0.0951. The van der Waals surface area contributed by atoms with Gasteiger partial charge >= 0.3 is 0 Å². The van der Waals surface area contributed by atoms with Crippen LogP contribution in [0.15, 0.2) is 67.5 Å². The number of nitrogens with zero attached hydrogens (tertiary/aromatic N) is 3. The van der Waals surface area contributed by atoms with Gasteiger partial charge in [-0.05, 0) is 35.9 Å². The lowest BCUT2D eigenvalue weighted by Crippen LogP contribution is -2.22. The molecule has 0 unspecified atom stereocenters. The van der Waals surface area contributed by atoms with Gasteiger partial charge in [-0.15, -0.1) is 0 Å². The molecule has 0 bridgehead atoms. The Labute approximate surface area is 122 Å². The van der Waals surface area contributed by atoms with E-state index in [0.29, 0.717) is 12.1 Å². The van der Waals surface area contributed by atoms with Crippen LogP contribution < -0.4 is 5.32 Å². The molecule has 2 aromatic heterocycles. The maximum Gasteiger partial charge on any atom is 0.251 e. The summed E-state index contributed by atoms with van der Waals surface area (Å²) in [7, 11) is 0. The quantitative estimate of drug-likeness (QED) is 0.796. The third-order valence-electron chi connectivity index (χ3n) is 3.11. The van der Waals surface area contributed by atoms with Gasteiger partial charge in [0.1, 0.15) is 0 Å². The molecule has 3 aromatic rings. The Kier molecular flexibility index (Phi) is 3.73. The van der Waals surface area contributed by atoms with E-state index in [-0.39, 0.29) is 5.91 Å². The number of carbonyl (C=O) groups is 1. The standard InChI is InChI=1S/C16H14N4O/c21-16(19-11-13-2-1-7-17-10-13)14-3-5-15(6-4-14)20-9-8-18-12-20/h1-10,12H,11H2,(H,19,21). The SMILES string of the molecule is O=C(NCc1cccnc1)c1ccc(-n2ccnc2)cc1. The number of hydrogen-bond acceptors (Lipinski definition) is 3. The molecule has 0 atom stereocenters. The molecule has 5 heteroatoms. The van der Waals surface area contributed by atoms with Crippen molar-refractivity contribution in [2.45, 2.75) is 6.54 Å². The van der Waals surface area contributed by atoms with Crippen LogP contribution in [-0.2, 0) is 6.54 Å². The van der Waals surface area contributed by atoms with Crippen LogP contribution in [0.1, 0.15) is 15.9 Å². The summed E-state index contributed by atoms with van der Waals surface area (Å²) in [6.07, 6.45) is 8.74. The molecule has 1 amide bonds. The molecule has 0 fully saturated rings. The summed E-state index contributed by atoms with van der Waals surface area (Å²) < 4.78 is 1.89. The largest absolute Gasteiger partial charge is 0.348 e. The Bertz CT molecular complexity index is 706. The molecule has 21 heavy (non-hydrogen) atoms. The number of amides is 1. The van der Waals surface area contributed by atoms with Crippen molar-refractivity contribution >= 4 is 5.91 Å². The van der Waals surface area contributed by atoms with Crippen LogP contribution in [0.2, 0.25) is 0 Å². The highest BCUT2D eigenvalue weighted by Gasteiger charge is 2.05. The van der Waals surface area contributed by atoms with E-state index in [4.69, 9.17) is 0 Å². The van der Waals surface area contributed by atoms with Gasteiger partial charge in [0.2, 0.25) is 0 Å². The first-order chi connectivity index (χ1) is 10.3. The van der Waals surface area contributed by atoms with Crippen LogP contribution in [0, 0.1) is 0 Å². The molecule has 1 aromatic carbocycles. The summed E-state index contributed by atoms with van der Waals surface area (Å²) in [4.78, 5) is 20.1. The average Bonchev–Trinajstić information content (AvgIpc) is 3.08. The van der Waals surface area contributed by atoms with E-state index in [2.05, 4.69) is 15.3 Å². The van der Waals surface area contributed by atoms with Gasteiger partial charge in [0.25, 0.3) is 5.91 Å². The molecule has 1 N–H and O–H groups in total. The van der Waals surface area contributed by atoms with Crippen molar-refractivity contribution in [2.24, 2.45) is 0 Å². The van der Waals surface area contributed by atoms with E-state index < -0.39 is 0 Å². The number of imidazole rings is 1. The van der Waals surface area contributed by atoms with Crippen LogP contribution in [0.3, 0.4) is 0 Å². The van der Waals surface area contributed by atoms with Gasteiger partial charge in [-0.3, -0.25) is 9.78 Å². The van der Waals surface area contributed by atoms with Gasteiger partial charge in [0.05, 0.1) is 6.33 Å². The molecule has 0 spiro atoms. The first-order valence-corrected chi connectivity index (χ1v) is 6.58. The van der Waals surface area contributed by atoms with Crippen LogP contribution in [0.5, 0.6) is 0 Å². The zero-order chi connectivity index (χ0) is 14.5. The molecule has 0 saturated heterocycles. The molecule has 0 aliphatic rings. The van der Waals surface area contributed by atoms with Crippen molar-refractivity contribution in [1.29, 1.82) is 0 Å². The third kappa shape index (κ3) is 3.14. The topological polar surface area (TPSA) is 59.8 Å². The van der Waals surface area contributed by atoms with Crippen LogP contribution in [0.25, 0.3) is 5.69 Å². The van der Waals surface area contributed by atoms with Crippen molar-refractivity contribution in [2.75, 3.05) is 0 Å². The smallest absolute Gasteiger partial charge is 0.251 e. The van der Waals surface area contributed by atoms with Gasteiger partial charge in [0, 0.05) is 42.6 Å². The number of hydrogen-bond donors (Lipinski definition) is 1. The van der Waals surface area contributed by atoms with Crippen molar-refractivity contribution in [3.8, 4) is 5.69 Å². The minimum absolute atomic E-state index is 0.101. The van der Waals surface area contributed by atoms with Gasteiger partial charge in [-0.25, -0.2) is 4.98 Å². The monoisotopic (exact) mass is 278 g/mol. The van der Waals surface area contributed by atoms with E-state index in [9.17, 15) is 4.79 Å². The van der Waals surface area contributed by atoms with Crippen LogP contribution in [0.4, 0.5) is 0 Å². The van der Waals surface area contributed by atoms with E-state index in [1.807, 2.05) is 35.0 Å². The van der Waals surface area contributed by atoms with Gasteiger partial charge in [-0.2, -0.15) is 0 Å². The lowest BCUT2D eigenvalue weighted by Gasteiger charge is -2.06. The summed E-state index contributed by atoms with van der Waals surface area (Å²) in [5.74, 6) is -0.101. The van der Waals surface area contributed by atoms with Crippen LogP contribution >= 0.6 is 0 Å². The van der Waals surface area contributed by atoms with Gasteiger partial charge in [-0.1, -0.05) is 6.07 Å². The fourth-order valence-corrected chi connectivity index (χ4v) is 1.98. The first-order valence-electron chi connectivity index (χ1n) is 6.58. The number of aromatic nitrogens is 3. The Balaban J connectivity index is 1.65. The minimum atomic E-state index is -0.101. The molecule has 5 nitrogen and oxygen atoms in total. The predicted molar refractivity (Wildman–Crippen MR) is 79.0 cm³/mol. The number of pyridine rings is 1. The number of carbonyl (C=O) groups excluding carboxylic acids is 1. The second-order valence-corrected chi connectivity index (χ2v) is 4.56. The summed E-state index contributed by atoms with van der Waals surface area (Å²) >= 11 is 0. The van der Waals surface area contributed by atoms with Crippen molar-refractivity contribution in [3.63, 3.8) is 0 Å². The molecule has 3 rings (SSSR count). The van der Waals surface area contributed by atoms with E-state index in [1.54, 1.807) is 37.1 Å². The maximum absolute atomic E-state index is 12.1. The molecular weight excluding hydrogens is 264 g/mol. The highest BCUT2D eigenvalue weighted by Crippen LogP contribution is 2.09. The first kappa shape index (κ1) is 13.1. The Morgan fingerprint density at radius 1 is 1.10 bits per heavy atom. The third-order valence-corrected chi connectivity index (χ3v) is 3.11. The number of benzene rings is 1. The molecule has 0 aliphatic heterocycles. The van der Waals surface area contributed by atoms with Gasteiger partial charge < -0.3 is 9.88 Å². The highest BCUT2D eigenvalue weighted by atomic mass is 16.1. The molecule has 104 valence electrons. The molecule has 0 aliphatic carbocycles.